The van der Waals surface area contributed by atoms with Crippen LogP contribution in [-0.4, -0.2) is 41.0 Å². The first kappa shape index (κ1) is 14.1. The van der Waals surface area contributed by atoms with E-state index in [2.05, 4.69) is 20.2 Å². The van der Waals surface area contributed by atoms with Gasteiger partial charge in [0.1, 0.15) is 12.1 Å². The van der Waals surface area contributed by atoms with Crippen molar-refractivity contribution in [2.24, 2.45) is 0 Å². The van der Waals surface area contributed by atoms with E-state index >= 15 is 0 Å². The summed E-state index contributed by atoms with van der Waals surface area (Å²) in [5.74, 6) is 0.898. The van der Waals surface area contributed by atoms with E-state index < -0.39 is 0 Å². The lowest BCUT2D eigenvalue weighted by molar-refractivity contribution is 0.296. The van der Waals surface area contributed by atoms with Crippen molar-refractivity contribution in [3.05, 3.63) is 24.5 Å². The molecule has 0 saturated carbocycles. The number of nitrogens with zero attached hydrogens (tertiary/aromatic N) is 3. The topological polar surface area (TPSA) is 67.1 Å². The molecule has 1 aromatic heterocycles. The van der Waals surface area contributed by atoms with E-state index in [0.717, 1.165) is 35.5 Å². The van der Waals surface area contributed by atoms with Crippen LogP contribution in [0.25, 0.3) is 10.9 Å². The second kappa shape index (κ2) is 6.72. The highest BCUT2D eigenvalue weighted by atomic mass is 15.1. The van der Waals surface area contributed by atoms with E-state index in [0.29, 0.717) is 0 Å². The van der Waals surface area contributed by atoms with Crippen molar-refractivity contribution < 1.29 is 0 Å². The van der Waals surface area contributed by atoms with Crippen LogP contribution in [0.2, 0.25) is 0 Å². The summed E-state index contributed by atoms with van der Waals surface area (Å²) in [6.45, 7) is 4.43. The van der Waals surface area contributed by atoms with Crippen molar-refractivity contribution in [3.8, 4) is 0 Å². The highest BCUT2D eigenvalue weighted by Gasteiger charge is 2.09. The minimum atomic E-state index is 0.733. The number of nitrogens with two attached hydrogens (primary N) is 1. The number of anilines is 2. The van der Waals surface area contributed by atoms with Crippen LogP contribution in [0, 0.1) is 0 Å². The van der Waals surface area contributed by atoms with Gasteiger partial charge in [-0.2, -0.15) is 0 Å². The molecule has 0 spiro atoms. The van der Waals surface area contributed by atoms with Gasteiger partial charge in [-0.3, -0.25) is 0 Å². The molecule has 3 N–H and O–H groups in total. The monoisotopic (exact) mass is 285 g/mol. The third-order valence-electron chi connectivity index (χ3n) is 4.08. The van der Waals surface area contributed by atoms with Gasteiger partial charge in [0.25, 0.3) is 0 Å². The number of fused-ring (bicyclic) bond motifs is 1. The van der Waals surface area contributed by atoms with Crippen LogP contribution in [-0.2, 0) is 0 Å². The molecule has 3 rings (SSSR count). The van der Waals surface area contributed by atoms with Gasteiger partial charge in [-0.05, 0) is 44.1 Å². The highest BCUT2D eigenvalue weighted by Crippen LogP contribution is 2.21. The summed E-state index contributed by atoms with van der Waals surface area (Å²) in [6.07, 6.45) is 7.01. The van der Waals surface area contributed by atoms with Crippen molar-refractivity contribution in [2.45, 2.75) is 25.7 Å². The van der Waals surface area contributed by atoms with Crippen LogP contribution >= 0.6 is 0 Å². The summed E-state index contributed by atoms with van der Waals surface area (Å²) < 4.78 is 0. The van der Waals surface area contributed by atoms with Crippen molar-refractivity contribution >= 4 is 22.4 Å². The molecule has 5 heteroatoms. The van der Waals surface area contributed by atoms with Crippen LogP contribution < -0.4 is 11.1 Å². The molecule has 1 aliphatic heterocycles. The third kappa shape index (κ3) is 3.61. The van der Waals surface area contributed by atoms with E-state index in [4.69, 9.17) is 5.73 Å². The van der Waals surface area contributed by atoms with Gasteiger partial charge in [-0.15, -0.1) is 0 Å². The molecule has 21 heavy (non-hydrogen) atoms. The molecule has 0 aliphatic carbocycles. The fourth-order valence-electron chi connectivity index (χ4n) is 2.91. The van der Waals surface area contributed by atoms with Gasteiger partial charge in [0.05, 0.1) is 5.52 Å². The number of benzene rings is 1. The Kier molecular flexibility index (Phi) is 4.50. The van der Waals surface area contributed by atoms with Crippen LogP contribution in [0.1, 0.15) is 25.7 Å². The summed E-state index contributed by atoms with van der Waals surface area (Å²) >= 11 is 0. The molecule has 2 heterocycles. The minimum Gasteiger partial charge on any atom is -0.399 e. The van der Waals surface area contributed by atoms with Crippen molar-refractivity contribution in [2.75, 3.05) is 37.2 Å². The van der Waals surface area contributed by atoms with E-state index in [-0.39, 0.29) is 0 Å². The number of nitrogen functional groups attached to an aromatic ring is 1. The van der Waals surface area contributed by atoms with E-state index in [9.17, 15) is 0 Å². The second-order valence-electron chi connectivity index (χ2n) is 5.68. The molecular formula is C16H23N5. The number of likely N-dealkylation sites (tertiary alicyclic amines) is 1. The molecule has 1 aliphatic rings. The first-order chi connectivity index (χ1) is 10.3. The smallest absolute Gasteiger partial charge is 0.137 e. The Labute approximate surface area is 125 Å². The summed E-state index contributed by atoms with van der Waals surface area (Å²) in [5, 5.41) is 4.47. The molecule has 1 saturated heterocycles. The Bertz CT molecular complexity index is 590. The molecule has 5 nitrogen and oxygen atoms in total. The summed E-state index contributed by atoms with van der Waals surface area (Å²) in [5.41, 5.74) is 7.42. The summed E-state index contributed by atoms with van der Waals surface area (Å²) in [6, 6.07) is 5.77. The Morgan fingerprint density at radius 1 is 1.10 bits per heavy atom. The average molecular weight is 285 g/mol. The fourth-order valence-corrected chi connectivity index (χ4v) is 2.91. The number of hydrogen-bond donors (Lipinski definition) is 2. The van der Waals surface area contributed by atoms with Crippen LogP contribution in [0.15, 0.2) is 24.5 Å². The Morgan fingerprint density at radius 2 is 1.90 bits per heavy atom. The second-order valence-corrected chi connectivity index (χ2v) is 5.68. The van der Waals surface area contributed by atoms with E-state index in [1.807, 2.05) is 18.2 Å². The van der Waals surface area contributed by atoms with Crippen LogP contribution in [0.3, 0.4) is 0 Å². The summed E-state index contributed by atoms with van der Waals surface area (Å²) in [4.78, 5) is 11.2. The largest absolute Gasteiger partial charge is 0.399 e. The van der Waals surface area contributed by atoms with Crippen molar-refractivity contribution in [1.82, 2.24) is 14.9 Å². The molecule has 1 fully saturated rings. The van der Waals surface area contributed by atoms with Gasteiger partial charge in [-0.25, -0.2) is 9.97 Å². The van der Waals surface area contributed by atoms with Gasteiger partial charge < -0.3 is 16.0 Å². The third-order valence-corrected chi connectivity index (χ3v) is 4.08. The van der Waals surface area contributed by atoms with Gasteiger partial charge in [0, 0.05) is 24.2 Å². The van der Waals surface area contributed by atoms with Gasteiger partial charge in [0.2, 0.25) is 0 Å². The fraction of sp³-hybridized carbons (Fsp3) is 0.500. The molecule has 2 aromatic rings. The van der Waals surface area contributed by atoms with E-state index in [1.54, 1.807) is 6.33 Å². The zero-order chi connectivity index (χ0) is 14.5. The van der Waals surface area contributed by atoms with Gasteiger partial charge in [0.15, 0.2) is 0 Å². The number of nitrogens with one attached hydrogen (secondary N) is 1. The van der Waals surface area contributed by atoms with Crippen LogP contribution in [0.5, 0.6) is 0 Å². The SMILES string of the molecule is Nc1ccc2c(NCCN3CCCCCC3)ncnc2c1. The first-order valence-electron chi connectivity index (χ1n) is 7.79. The lowest BCUT2D eigenvalue weighted by Gasteiger charge is -2.20. The maximum Gasteiger partial charge on any atom is 0.137 e. The Balaban J connectivity index is 1.62. The minimum absolute atomic E-state index is 0.733. The van der Waals surface area contributed by atoms with Gasteiger partial charge in [-0.1, -0.05) is 12.8 Å². The first-order valence-corrected chi connectivity index (χ1v) is 7.79. The number of hydrogen-bond acceptors (Lipinski definition) is 5. The predicted molar refractivity (Wildman–Crippen MR) is 87.3 cm³/mol. The number of aromatic nitrogens is 2. The number of rotatable bonds is 4. The average Bonchev–Trinajstić information content (AvgIpc) is 2.76. The van der Waals surface area contributed by atoms with E-state index in [1.165, 1.54) is 38.8 Å². The van der Waals surface area contributed by atoms with Crippen LogP contribution in [0.4, 0.5) is 11.5 Å². The Morgan fingerprint density at radius 3 is 2.71 bits per heavy atom. The van der Waals surface area contributed by atoms with Crippen molar-refractivity contribution in [1.29, 1.82) is 0 Å². The zero-order valence-corrected chi connectivity index (χ0v) is 12.4. The lowest BCUT2D eigenvalue weighted by Crippen LogP contribution is -2.30. The molecule has 0 amide bonds. The quantitative estimate of drug-likeness (QED) is 0.845. The van der Waals surface area contributed by atoms with Gasteiger partial charge >= 0.3 is 0 Å². The highest BCUT2D eigenvalue weighted by molar-refractivity contribution is 5.90. The predicted octanol–water partition coefficient (Wildman–Crippen LogP) is 2.50. The molecule has 0 radical (unpaired) electrons. The normalized spacial score (nSPS) is 16.8. The maximum absolute atomic E-state index is 5.80. The molecule has 112 valence electrons. The Hall–Kier alpha value is -1.88. The molecule has 1 aromatic carbocycles. The maximum atomic E-state index is 5.80. The summed E-state index contributed by atoms with van der Waals surface area (Å²) in [7, 11) is 0. The molecule has 0 bridgehead atoms. The lowest BCUT2D eigenvalue weighted by atomic mass is 10.2. The van der Waals surface area contributed by atoms with Crippen molar-refractivity contribution in [3.63, 3.8) is 0 Å². The molecule has 0 atom stereocenters. The standard InChI is InChI=1S/C16H23N5/c17-13-5-6-14-15(11-13)19-12-20-16(14)18-7-10-21-8-3-1-2-4-9-21/h5-6,11-12H,1-4,7-10,17H2,(H,18,19,20). The molecular weight excluding hydrogens is 262 g/mol. The zero-order valence-electron chi connectivity index (χ0n) is 12.4. The molecule has 0 unspecified atom stereocenters.